The molecule has 0 spiro atoms. The quantitative estimate of drug-likeness (QED) is 0.186. The average Bonchev–Trinajstić information content (AvgIpc) is 3.36. The first-order valence-corrected chi connectivity index (χ1v) is 17.4. The molecule has 0 atom stereocenters. The number of nitrogens with zero attached hydrogens (tertiary/aromatic N) is 1. The van der Waals surface area contributed by atoms with Crippen molar-refractivity contribution in [1.82, 2.24) is 0 Å². The molecule has 0 aromatic heterocycles. The van der Waals surface area contributed by atoms with E-state index in [9.17, 15) is 0 Å². The third-order valence-electron chi connectivity index (χ3n) is 10.8. The van der Waals surface area contributed by atoms with E-state index >= 15 is 0 Å². The summed E-state index contributed by atoms with van der Waals surface area (Å²) in [5.41, 5.74) is 17.0. The van der Waals surface area contributed by atoms with Gasteiger partial charge in [0.2, 0.25) is 0 Å². The number of aryl methyl sites for hydroxylation is 1. The summed E-state index contributed by atoms with van der Waals surface area (Å²) in [4.78, 5) is 2.46. The number of anilines is 3. The van der Waals surface area contributed by atoms with Crippen LogP contribution in [0.25, 0.3) is 44.2 Å². The smallest absolute Gasteiger partial charge is 0.0540 e. The van der Waals surface area contributed by atoms with Crippen molar-refractivity contribution in [2.24, 2.45) is 0 Å². The Morgan fingerprint density at radius 2 is 1.10 bits per heavy atom. The normalized spacial score (nSPS) is 14.3. The first-order chi connectivity index (χ1) is 23.6. The number of fused-ring (bicyclic) bond motifs is 5. The van der Waals surface area contributed by atoms with Crippen LogP contribution in [0, 0.1) is 0 Å². The molecule has 2 aliphatic carbocycles. The van der Waals surface area contributed by atoms with E-state index in [1.54, 1.807) is 0 Å². The molecule has 232 valence electrons. The molecule has 0 fully saturated rings. The van der Waals surface area contributed by atoms with Crippen molar-refractivity contribution in [1.29, 1.82) is 0 Å². The van der Waals surface area contributed by atoms with Crippen LogP contribution in [0.15, 0.2) is 152 Å². The highest BCUT2D eigenvalue weighted by atomic mass is 15.1. The molecule has 0 heterocycles. The van der Waals surface area contributed by atoms with Crippen molar-refractivity contribution in [3.63, 3.8) is 0 Å². The molecule has 0 bridgehead atoms. The number of para-hydroxylation sites is 1. The van der Waals surface area contributed by atoms with Gasteiger partial charge >= 0.3 is 0 Å². The Morgan fingerprint density at radius 3 is 1.94 bits per heavy atom. The Labute approximate surface area is 284 Å². The maximum atomic E-state index is 2.46. The maximum absolute atomic E-state index is 2.46. The van der Waals surface area contributed by atoms with Crippen LogP contribution >= 0.6 is 0 Å². The van der Waals surface area contributed by atoms with Crippen LogP contribution in [0.3, 0.4) is 0 Å². The van der Waals surface area contributed by atoms with E-state index in [4.69, 9.17) is 0 Å². The lowest BCUT2D eigenvalue weighted by Gasteiger charge is -2.30. The predicted octanol–water partition coefficient (Wildman–Crippen LogP) is 12.8. The fraction of sp³-hybridized carbons (Fsp3) is 0.149. The van der Waals surface area contributed by atoms with Crippen molar-refractivity contribution in [2.45, 2.75) is 44.9 Å². The van der Waals surface area contributed by atoms with E-state index in [-0.39, 0.29) is 5.41 Å². The standard InChI is InChI=1S/C47H39N/c1-47(2)44-30-36-17-7-6-16-35(36)29-43(44)42-28-27-38(31-45(42)47)48(46-22-11-10-20-41(46)33-13-4-3-5-14-33)37-25-23-34(24-26-37)40-21-12-18-32-15-8-9-19-39(32)40/h3-7,10-14,16-18,20-31H,8-9,15,19H2,1-2H3. The SMILES string of the molecule is CC1(C)c2cc(N(c3ccc(-c4cccc5c4CCCC5)cc3)c3ccccc3-c3ccccc3)ccc2-c2cc3ccccc3cc21. The van der Waals surface area contributed by atoms with E-state index in [2.05, 4.69) is 170 Å². The molecule has 1 nitrogen and oxygen atoms in total. The third kappa shape index (κ3) is 4.68. The van der Waals surface area contributed by atoms with Gasteiger partial charge in [-0.25, -0.2) is 0 Å². The van der Waals surface area contributed by atoms with Crippen LogP contribution in [0.1, 0.15) is 48.9 Å². The molecule has 9 rings (SSSR count). The van der Waals surface area contributed by atoms with Crippen LogP contribution in [0.4, 0.5) is 17.1 Å². The van der Waals surface area contributed by atoms with Gasteiger partial charge < -0.3 is 4.90 Å². The summed E-state index contributed by atoms with van der Waals surface area (Å²) in [7, 11) is 0. The fourth-order valence-corrected chi connectivity index (χ4v) is 8.35. The maximum Gasteiger partial charge on any atom is 0.0540 e. The number of rotatable bonds is 5. The zero-order valence-electron chi connectivity index (χ0n) is 27.7. The Hall–Kier alpha value is -5.40. The molecule has 0 unspecified atom stereocenters. The van der Waals surface area contributed by atoms with Crippen molar-refractivity contribution in [2.75, 3.05) is 4.90 Å². The molecular weight excluding hydrogens is 579 g/mol. The second-order valence-electron chi connectivity index (χ2n) is 14.0. The van der Waals surface area contributed by atoms with Gasteiger partial charge in [0.15, 0.2) is 0 Å². The van der Waals surface area contributed by atoms with Gasteiger partial charge in [-0.3, -0.25) is 0 Å². The molecule has 7 aromatic rings. The van der Waals surface area contributed by atoms with Gasteiger partial charge in [-0.2, -0.15) is 0 Å². The lowest BCUT2D eigenvalue weighted by molar-refractivity contribution is 0.661. The Morgan fingerprint density at radius 1 is 0.458 bits per heavy atom. The highest BCUT2D eigenvalue weighted by molar-refractivity contribution is 5.95. The lowest BCUT2D eigenvalue weighted by Crippen LogP contribution is -2.17. The van der Waals surface area contributed by atoms with Crippen molar-refractivity contribution in [3.8, 4) is 33.4 Å². The Kier molecular flexibility index (Phi) is 6.83. The summed E-state index contributed by atoms with van der Waals surface area (Å²) in [6.07, 6.45) is 4.94. The van der Waals surface area contributed by atoms with Crippen molar-refractivity contribution in [3.05, 3.63) is 174 Å². The molecule has 2 aliphatic rings. The van der Waals surface area contributed by atoms with Crippen molar-refractivity contribution < 1.29 is 0 Å². The predicted molar refractivity (Wildman–Crippen MR) is 204 cm³/mol. The second kappa shape index (κ2) is 11.4. The minimum Gasteiger partial charge on any atom is -0.310 e. The summed E-state index contributed by atoms with van der Waals surface area (Å²) < 4.78 is 0. The first kappa shape index (κ1) is 28.8. The largest absolute Gasteiger partial charge is 0.310 e. The monoisotopic (exact) mass is 617 g/mol. The number of hydrogen-bond donors (Lipinski definition) is 0. The zero-order chi connectivity index (χ0) is 32.2. The molecule has 1 heteroatoms. The van der Waals surface area contributed by atoms with E-state index in [1.807, 2.05) is 0 Å². The highest BCUT2D eigenvalue weighted by Gasteiger charge is 2.36. The first-order valence-electron chi connectivity index (χ1n) is 17.4. The summed E-state index contributed by atoms with van der Waals surface area (Å²) in [5, 5.41) is 2.60. The molecule has 0 aliphatic heterocycles. The summed E-state index contributed by atoms with van der Waals surface area (Å²) >= 11 is 0. The minimum atomic E-state index is -0.119. The van der Waals surface area contributed by atoms with Gasteiger partial charge in [0, 0.05) is 22.4 Å². The van der Waals surface area contributed by atoms with E-state index in [1.165, 1.54) is 103 Å². The fourth-order valence-electron chi connectivity index (χ4n) is 8.35. The molecule has 0 saturated carbocycles. The lowest BCUT2D eigenvalue weighted by atomic mass is 9.81. The number of benzene rings is 7. The van der Waals surface area contributed by atoms with Crippen LogP contribution in [0.2, 0.25) is 0 Å². The van der Waals surface area contributed by atoms with Crippen LogP contribution in [0.5, 0.6) is 0 Å². The third-order valence-corrected chi connectivity index (χ3v) is 10.8. The van der Waals surface area contributed by atoms with Gasteiger partial charge in [0.1, 0.15) is 0 Å². The van der Waals surface area contributed by atoms with Gasteiger partial charge in [-0.15, -0.1) is 0 Å². The number of hydrogen-bond acceptors (Lipinski definition) is 1. The molecule has 0 saturated heterocycles. The molecule has 0 N–H and O–H groups in total. The second-order valence-corrected chi connectivity index (χ2v) is 14.0. The van der Waals surface area contributed by atoms with E-state index in [0.29, 0.717) is 0 Å². The molecule has 0 amide bonds. The Balaban J connectivity index is 1.21. The topological polar surface area (TPSA) is 3.24 Å². The molecular formula is C47H39N. The summed E-state index contributed by atoms with van der Waals surface area (Å²) in [6, 6.07) is 56.5. The van der Waals surface area contributed by atoms with Crippen LogP contribution in [-0.4, -0.2) is 0 Å². The minimum absolute atomic E-state index is 0.119. The van der Waals surface area contributed by atoms with Crippen molar-refractivity contribution >= 4 is 27.8 Å². The molecule has 48 heavy (non-hydrogen) atoms. The van der Waals surface area contributed by atoms with Gasteiger partial charge in [-0.1, -0.05) is 123 Å². The highest BCUT2D eigenvalue weighted by Crippen LogP contribution is 2.52. The average molecular weight is 618 g/mol. The van der Waals surface area contributed by atoms with Crippen LogP contribution < -0.4 is 4.90 Å². The molecule has 7 aromatic carbocycles. The summed E-state index contributed by atoms with van der Waals surface area (Å²) in [5.74, 6) is 0. The van der Waals surface area contributed by atoms with E-state index in [0.717, 1.165) is 5.69 Å². The van der Waals surface area contributed by atoms with E-state index < -0.39 is 0 Å². The summed E-state index contributed by atoms with van der Waals surface area (Å²) in [6.45, 7) is 4.77. The van der Waals surface area contributed by atoms with Gasteiger partial charge in [0.05, 0.1) is 5.69 Å². The zero-order valence-corrected chi connectivity index (χ0v) is 27.7. The van der Waals surface area contributed by atoms with Gasteiger partial charge in [0.25, 0.3) is 0 Å². The van der Waals surface area contributed by atoms with Crippen LogP contribution in [-0.2, 0) is 18.3 Å². The molecule has 0 radical (unpaired) electrons. The Bertz CT molecular complexity index is 2310. The van der Waals surface area contributed by atoms with Gasteiger partial charge in [-0.05, 0) is 129 Å².